The Kier molecular flexibility index (Phi) is 7.30. The molecule has 0 radical (unpaired) electrons. The standard InChI is InChI=1S/C25H37NO5/c1-24(2,22(27)28)16-21-20(15-18-11-7-5-8-12-18)26(25(3,4)31-21)23(29)30-17-19-13-9-6-10-14-19/h6,9-10,13-14,18,20-21H,5,7-8,11-12,15-17H2,1-4H3,(H,27,28). The molecule has 2 unspecified atom stereocenters. The molecule has 1 amide bonds. The Morgan fingerprint density at radius 1 is 1.16 bits per heavy atom. The molecule has 3 rings (SSSR count). The van der Waals surface area contributed by atoms with Crippen LogP contribution in [-0.2, 0) is 20.9 Å². The van der Waals surface area contributed by atoms with Crippen LogP contribution in [0.3, 0.4) is 0 Å². The lowest BCUT2D eigenvalue weighted by atomic mass is 9.79. The number of carbonyl (C=O) groups excluding carboxylic acids is 1. The summed E-state index contributed by atoms with van der Waals surface area (Å²) in [5.74, 6) is -0.327. The first-order chi connectivity index (χ1) is 14.6. The molecule has 0 spiro atoms. The highest BCUT2D eigenvalue weighted by Gasteiger charge is 2.52. The van der Waals surface area contributed by atoms with Gasteiger partial charge in [-0.3, -0.25) is 9.69 Å². The van der Waals surface area contributed by atoms with Crippen LogP contribution in [0.4, 0.5) is 4.79 Å². The van der Waals surface area contributed by atoms with Crippen molar-refractivity contribution in [3.63, 3.8) is 0 Å². The number of rotatable bonds is 7. The van der Waals surface area contributed by atoms with Gasteiger partial charge in [0.2, 0.25) is 0 Å². The predicted octanol–water partition coefficient (Wildman–Crippen LogP) is 5.60. The number of aliphatic carboxylic acids is 1. The second kappa shape index (κ2) is 9.60. The average molecular weight is 432 g/mol. The summed E-state index contributed by atoms with van der Waals surface area (Å²) < 4.78 is 12.0. The Labute approximate surface area is 185 Å². The van der Waals surface area contributed by atoms with E-state index < -0.39 is 23.2 Å². The van der Waals surface area contributed by atoms with Crippen molar-refractivity contribution in [2.45, 2.75) is 97.1 Å². The van der Waals surface area contributed by atoms with Crippen LogP contribution in [0.25, 0.3) is 0 Å². The van der Waals surface area contributed by atoms with E-state index in [1.54, 1.807) is 18.7 Å². The minimum Gasteiger partial charge on any atom is -0.481 e. The quantitative estimate of drug-likeness (QED) is 0.608. The Morgan fingerprint density at radius 2 is 1.81 bits per heavy atom. The summed E-state index contributed by atoms with van der Waals surface area (Å²) in [6.45, 7) is 7.39. The van der Waals surface area contributed by atoms with Crippen molar-refractivity contribution in [3.05, 3.63) is 35.9 Å². The smallest absolute Gasteiger partial charge is 0.412 e. The lowest BCUT2D eigenvalue weighted by Crippen LogP contribution is -2.49. The summed E-state index contributed by atoms with van der Waals surface area (Å²) in [4.78, 5) is 26.7. The molecular weight excluding hydrogens is 394 g/mol. The second-order valence-corrected chi connectivity index (χ2v) is 10.2. The Balaban J connectivity index is 1.80. The highest BCUT2D eigenvalue weighted by molar-refractivity contribution is 5.73. The fourth-order valence-corrected chi connectivity index (χ4v) is 5.00. The maximum atomic E-state index is 13.2. The monoisotopic (exact) mass is 431 g/mol. The lowest BCUT2D eigenvalue weighted by Gasteiger charge is -2.35. The van der Waals surface area contributed by atoms with Gasteiger partial charge in [0.1, 0.15) is 12.3 Å². The van der Waals surface area contributed by atoms with Crippen molar-refractivity contribution in [1.29, 1.82) is 0 Å². The van der Waals surface area contributed by atoms with Crippen LogP contribution in [-0.4, -0.2) is 39.9 Å². The number of ether oxygens (including phenoxy) is 2. The first kappa shape index (κ1) is 23.6. The maximum Gasteiger partial charge on any atom is 0.412 e. The van der Waals surface area contributed by atoms with E-state index in [1.807, 2.05) is 44.2 Å². The minimum absolute atomic E-state index is 0.194. The molecule has 6 heteroatoms. The van der Waals surface area contributed by atoms with Gasteiger partial charge in [-0.05, 0) is 52.0 Å². The Morgan fingerprint density at radius 3 is 2.42 bits per heavy atom. The molecule has 1 aromatic carbocycles. The van der Waals surface area contributed by atoms with Crippen molar-refractivity contribution in [2.24, 2.45) is 11.3 Å². The Hall–Kier alpha value is -2.08. The van der Waals surface area contributed by atoms with Crippen molar-refractivity contribution in [2.75, 3.05) is 0 Å². The van der Waals surface area contributed by atoms with Gasteiger partial charge in [-0.15, -0.1) is 0 Å². The molecule has 2 fully saturated rings. The molecule has 0 bridgehead atoms. The van der Waals surface area contributed by atoms with E-state index in [0.717, 1.165) is 24.8 Å². The molecule has 1 aromatic rings. The Bertz CT molecular complexity index is 754. The summed E-state index contributed by atoms with van der Waals surface area (Å²) in [7, 11) is 0. The van der Waals surface area contributed by atoms with Gasteiger partial charge in [-0.25, -0.2) is 4.79 Å². The molecule has 6 nitrogen and oxygen atoms in total. The lowest BCUT2D eigenvalue weighted by molar-refractivity contribution is -0.150. The van der Waals surface area contributed by atoms with Crippen LogP contribution in [0.1, 0.15) is 78.2 Å². The van der Waals surface area contributed by atoms with Gasteiger partial charge in [0.25, 0.3) is 0 Å². The van der Waals surface area contributed by atoms with Crippen molar-refractivity contribution < 1.29 is 24.2 Å². The van der Waals surface area contributed by atoms with E-state index in [-0.39, 0.29) is 18.8 Å². The SMILES string of the molecule is CC(C)(CC1OC(C)(C)N(C(=O)OCc2ccccc2)C1CC1CCCCC1)C(=O)O. The van der Waals surface area contributed by atoms with Crippen molar-refractivity contribution >= 4 is 12.1 Å². The number of hydrogen-bond donors (Lipinski definition) is 1. The number of carboxylic acid groups (broad SMARTS) is 1. The van der Waals surface area contributed by atoms with Gasteiger partial charge in [0, 0.05) is 0 Å². The molecule has 1 N–H and O–H groups in total. The molecule has 1 saturated heterocycles. The molecule has 172 valence electrons. The fourth-order valence-electron chi connectivity index (χ4n) is 5.00. The van der Waals surface area contributed by atoms with E-state index >= 15 is 0 Å². The van der Waals surface area contributed by atoms with Gasteiger partial charge in [-0.2, -0.15) is 0 Å². The van der Waals surface area contributed by atoms with E-state index in [1.165, 1.54) is 19.3 Å². The molecule has 1 saturated carbocycles. The van der Waals surface area contributed by atoms with Crippen LogP contribution in [0.5, 0.6) is 0 Å². The normalized spacial score (nSPS) is 24.2. The number of amides is 1. The largest absolute Gasteiger partial charge is 0.481 e. The first-order valence-electron chi connectivity index (χ1n) is 11.5. The summed E-state index contributed by atoms with van der Waals surface area (Å²) >= 11 is 0. The third kappa shape index (κ3) is 5.79. The van der Waals surface area contributed by atoms with Gasteiger partial charge < -0.3 is 14.6 Å². The first-order valence-corrected chi connectivity index (χ1v) is 11.5. The summed E-state index contributed by atoms with van der Waals surface area (Å²) in [6.07, 6.45) is 6.43. The van der Waals surface area contributed by atoms with E-state index in [9.17, 15) is 14.7 Å². The summed E-state index contributed by atoms with van der Waals surface area (Å²) in [6, 6.07) is 9.43. The topological polar surface area (TPSA) is 76.1 Å². The second-order valence-electron chi connectivity index (χ2n) is 10.2. The summed E-state index contributed by atoms with van der Waals surface area (Å²) in [5.41, 5.74) is -0.858. The van der Waals surface area contributed by atoms with E-state index in [2.05, 4.69) is 0 Å². The molecule has 31 heavy (non-hydrogen) atoms. The van der Waals surface area contributed by atoms with Gasteiger partial charge >= 0.3 is 12.1 Å². The number of hydrogen-bond acceptors (Lipinski definition) is 4. The molecule has 2 aliphatic rings. The van der Waals surface area contributed by atoms with Gasteiger partial charge in [-0.1, -0.05) is 62.4 Å². The third-order valence-corrected chi connectivity index (χ3v) is 6.77. The highest BCUT2D eigenvalue weighted by atomic mass is 16.6. The molecule has 0 aromatic heterocycles. The zero-order chi connectivity index (χ0) is 22.6. The van der Waals surface area contributed by atoms with Crippen molar-refractivity contribution in [1.82, 2.24) is 4.90 Å². The number of carboxylic acids is 1. The van der Waals surface area contributed by atoms with Crippen molar-refractivity contribution in [3.8, 4) is 0 Å². The molecule has 1 aliphatic heterocycles. The van der Waals surface area contributed by atoms with E-state index in [0.29, 0.717) is 12.3 Å². The van der Waals surface area contributed by atoms with Gasteiger partial charge in [0.05, 0.1) is 17.6 Å². The average Bonchev–Trinajstić information content (AvgIpc) is 2.96. The van der Waals surface area contributed by atoms with Crippen LogP contribution in [0, 0.1) is 11.3 Å². The number of nitrogens with zero attached hydrogens (tertiary/aromatic N) is 1. The van der Waals surface area contributed by atoms with Crippen LogP contribution in [0.2, 0.25) is 0 Å². The summed E-state index contributed by atoms with van der Waals surface area (Å²) in [5, 5.41) is 9.66. The molecule has 1 aliphatic carbocycles. The zero-order valence-electron chi connectivity index (χ0n) is 19.3. The highest BCUT2D eigenvalue weighted by Crippen LogP contribution is 2.42. The molecule has 2 atom stereocenters. The van der Waals surface area contributed by atoms with E-state index in [4.69, 9.17) is 9.47 Å². The zero-order valence-corrected chi connectivity index (χ0v) is 19.3. The predicted molar refractivity (Wildman–Crippen MR) is 118 cm³/mol. The third-order valence-electron chi connectivity index (χ3n) is 6.77. The van der Waals surface area contributed by atoms with Gasteiger partial charge in [0.15, 0.2) is 0 Å². The van der Waals surface area contributed by atoms with Crippen LogP contribution >= 0.6 is 0 Å². The molecular formula is C25H37NO5. The number of benzene rings is 1. The van der Waals surface area contributed by atoms with Crippen LogP contribution in [0.15, 0.2) is 30.3 Å². The maximum absolute atomic E-state index is 13.2. The minimum atomic E-state index is -0.935. The number of carbonyl (C=O) groups is 2. The van der Waals surface area contributed by atoms with Crippen LogP contribution < -0.4 is 0 Å². The fraction of sp³-hybridized carbons (Fsp3) is 0.680. The molecule has 1 heterocycles.